The van der Waals surface area contributed by atoms with Crippen molar-refractivity contribution in [2.75, 3.05) is 23.6 Å². The first-order valence-corrected chi connectivity index (χ1v) is 11.5. The first-order valence-electron chi connectivity index (χ1n) is 10.4. The van der Waals surface area contributed by atoms with Gasteiger partial charge < -0.3 is 19.2 Å². The number of nitrogens with one attached hydrogen (secondary N) is 1. The molecule has 1 aromatic heterocycles. The van der Waals surface area contributed by atoms with Crippen LogP contribution in [0.25, 0.3) is 11.1 Å². The molecule has 2 aliphatic rings. The summed E-state index contributed by atoms with van der Waals surface area (Å²) in [5.41, 5.74) is 4.58. The molecule has 9 heteroatoms. The molecular formula is C24H20N2O6S. The highest BCUT2D eigenvalue weighted by atomic mass is 32.2. The van der Waals surface area contributed by atoms with Crippen LogP contribution in [0, 0.1) is 0 Å². The van der Waals surface area contributed by atoms with E-state index < -0.39 is 24.0 Å². The molecule has 33 heavy (non-hydrogen) atoms. The van der Waals surface area contributed by atoms with Crippen molar-refractivity contribution in [3.05, 3.63) is 77.7 Å². The van der Waals surface area contributed by atoms with Gasteiger partial charge in [-0.15, -0.1) is 11.8 Å². The van der Waals surface area contributed by atoms with Crippen molar-refractivity contribution in [2.24, 2.45) is 0 Å². The van der Waals surface area contributed by atoms with Gasteiger partial charge in [0.1, 0.15) is 12.6 Å². The molecule has 168 valence electrons. The minimum absolute atomic E-state index is 0.0912. The quantitative estimate of drug-likeness (QED) is 0.581. The molecule has 3 aromatic rings. The standard InChI is InChI=1S/C24H20N2O6S/c27-22(26-13-33-12-20(26)23(28)29)21-19(9-10-31-21)25-24(30)32-11-18-16-7-3-1-5-14(16)15-6-2-4-8-17(15)18/h1-10,18,20H,11-13H2,(H,25,30)(H,28,29). The van der Waals surface area contributed by atoms with Gasteiger partial charge in [-0.3, -0.25) is 10.1 Å². The fraction of sp³-hybridized carbons (Fsp3) is 0.208. The molecule has 0 saturated carbocycles. The predicted molar refractivity (Wildman–Crippen MR) is 122 cm³/mol. The molecule has 2 amide bonds. The fourth-order valence-electron chi connectivity index (χ4n) is 4.30. The molecule has 2 aromatic carbocycles. The number of hydrogen-bond donors (Lipinski definition) is 2. The number of nitrogens with zero attached hydrogens (tertiary/aromatic N) is 1. The SMILES string of the molecule is O=C(Nc1ccoc1C(=O)N1CSCC1C(=O)O)OCC1c2ccccc2-c2ccccc21. The van der Waals surface area contributed by atoms with Crippen LogP contribution in [-0.4, -0.2) is 52.3 Å². The van der Waals surface area contributed by atoms with Gasteiger partial charge in [0.15, 0.2) is 0 Å². The number of fused-ring (bicyclic) bond motifs is 3. The zero-order valence-corrected chi connectivity index (χ0v) is 18.2. The summed E-state index contributed by atoms with van der Waals surface area (Å²) in [6.07, 6.45) is 0.545. The Balaban J connectivity index is 1.28. The zero-order valence-electron chi connectivity index (χ0n) is 17.4. The molecular weight excluding hydrogens is 444 g/mol. The normalized spacial score (nSPS) is 16.8. The van der Waals surface area contributed by atoms with Crippen LogP contribution in [-0.2, 0) is 9.53 Å². The van der Waals surface area contributed by atoms with Gasteiger partial charge in [0.05, 0.1) is 17.8 Å². The van der Waals surface area contributed by atoms with Gasteiger partial charge in [-0.05, 0) is 22.3 Å². The van der Waals surface area contributed by atoms with Crippen LogP contribution in [0.2, 0.25) is 0 Å². The van der Waals surface area contributed by atoms with Crippen LogP contribution in [0.4, 0.5) is 10.5 Å². The molecule has 0 spiro atoms. The molecule has 0 radical (unpaired) electrons. The van der Waals surface area contributed by atoms with E-state index in [-0.39, 0.29) is 29.8 Å². The topological polar surface area (TPSA) is 109 Å². The summed E-state index contributed by atoms with van der Waals surface area (Å²) in [5.74, 6) is -1.35. The number of hydrogen-bond acceptors (Lipinski definition) is 6. The second-order valence-electron chi connectivity index (χ2n) is 7.74. The van der Waals surface area contributed by atoms with E-state index in [1.807, 2.05) is 36.4 Å². The Labute approximate surface area is 193 Å². The number of carboxylic acids is 1. The Morgan fingerprint density at radius 1 is 1.06 bits per heavy atom. The fourth-order valence-corrected chi connectivity index (χ4v) is 5.44. The number of ether oxygens (including phenoxy) is 1. The molecule has 0 bridgehead atoms. The van der Waals surface area contributed by atoms with E-state index in [1.54, 1.807) is 0 Å². The molecule has 2 N–H and O–H groups in total. The maximum atomic E-state index is 12.8. The van der Waals surface area contributed by atoms with Crippen molar-refractivity contribution in [1.29, 1.82) is 0 Å². The highest BCUT2D eigenvalue weighted by Crippen LogP contribution is 2.44. The second kappa shape index (κ2) is 8.67. The molecule has 5 rings (SSSR count). The summed E-state index contributed by atoms with van der Waals surface area (Å²) in [6.45, 7) is 0.130. The first-order chi connectivity index (χ1) is 16.0. The number of furan rings is 1. The third-order valence-electron chi connectivity index (χ3n) is 5.87. The molecule has 8 nitrogen and oxygen atoms in total. The smallest absolute Gasteiger partial charge is 0.411 e. The van der Waals surface area contributed by atoms with Gasteiger partial charge in [0.2, 0.25) is 5.76 Å². The van der Waals surface area contributed by atoms with Crippen molar-refractivity contribution in [2.45, 2.75) is 12.0 Å². The number of rotatable bonds is 5. The van der Waals surface area contributed by atoms with E-state index in [9.17, 15) is 19.5 Å². The summed E-state index contributed by atoms with van der Waals surface area (Å²) in [7, 11) is 0. The van der Waals surface area contributed by atoms with Gasteiger partial charge in [0, 0.05) is 17.7 Å². The van der Waals surface area contributed by atoms with Crippen LogP contribution in [0.3, 0.4) is 0 Å². The van der Waals surface area contributed by atoms with Crippen molar-refractivity contribution in [1.82, 2.24) is 4.90 Å². The third kappa shape index (κ3) is 3.84. The Morgan fingerprint density at radius 2 is 1.73 bits per heavy atom. The van der Waals surface area contributed by atoms with Crippen LogP contribution in [0.5, 0.6) is 0 Å². The first kappa shape index (κ1) is 21.1. The molecule has 1 fully saturated rings. The lowest BCUT2D eigenvalue weighted by molar-refractivity contribution is -0.140. The lowest BCUT2D eigenvalue weighted by Crippen LogP contribution is -2.41. The Kier molecular flexibility index (Phi) is 5.55. The number of carbonyl (C=O) groups is 3. The maximum Gasteiger partial charge on any atom is 0.411 e. The summed E-state index contributed by atoms with van der Waals surface area (Å²) in [6, 6.07) is 16.6. The Morgan fingerprint density at radius 3 is 2.39 bits per heavy atom. The van der Waals surface area contributed by atoms with E-state index in [1.165, 1.54) is 29.0 Å². The minimum Gasteiger partial charge on any atom is -0.480 e. The van der Waals surface area contributed by atoms with Crippen LogP contribution >= 0.6 is 11.8 Å². The number of aliphatic carboxylic acids is 1. The number of benzene rings is 2. The summed E-state index contributed by atoms with van der Waals surface area (Å²) in [5, 5.41) is 11.9. The predicted octanol–water partition coefficient (Wildman–Crippen LogP) is 4.24. The molecule has 1 aliphatic carbocycles. The van der Waals surface area contributed by atoms with Gasteiger partial charge in [-0.1, -0.05) is 48.5 Å². The Hall–Kier alpha value is -3.72. The molecule has 1 unspecified atom stereocenters. The van der Waals surface area contributed by atoms with Gasteiger partial charge >= 0.3 is 12.1 Å². The highest BCUT2D eigenvalue weighted by molar-refractivity contribution is 7.99. The van der Waals surface area contributed by atoms with E-state index >= 15 is 0 Å². The van der Waals surface area contributed by atoms with Crippen LogP contribution in [0.15, 0.2) is 65.3 Å². The maximum absolute atomic E-state index is 12.8. The van der Waals surface area contributed by atoms with Crippen molar-refractivity contribution in [3.63, 3.8) is 0 Å². The van der Waals surface area contributed by atoms with E-state index in [0.29, 0.717) is 5.75 Å². The largest absolute Gasteiger partial charge is 0.480 e. The van der Waals surface area contributed by atoms with E-state index in [0.717, 1.165) is 22.3 Å². The average molecular weight is 464 g/mol. The van der Waals surface area contributed by atoms with Crippen molar-refractivity contribution in [3.8, 4) is 11.1 Å². The van der Waals surface area contributed by atoms with Gasteiger partial charge in [0.25, 0.3) is 5.91 Å². The average Bonchev–Trinajstić information content (AvgIpc) is 3.55. The van der Waals surface area contributed by atoms with Gasteiger partial charge in [-0.2, -0.15) is 0 Å². The minimum atomic E-state index is -1.08. The highest BCUT2D eigenvalue weighted by Gasteiger charge is 2.37. The van der Waals surface area contributed by atoms with Crippen molar-refractivity contribution < 1.29 is 28.6 Å². The third-order valence-corrected chi connectivity index (χ3v) is 6.88. The van der Waals surface area contributed by atoms with Crippen molar-refractivity contribution >= 4 is 35.4 Å². The molecule has 1 aliphatic heterocycles. The lowest BCUT2D eigenvalue weighted by atomic mass is 9.98. The number of amides is 2. The number of carboxylic acid groups (broad SMARTS) is 1. The van der Waals surface area contributed by atoms with E-state index in [2.05, 4.69) is 17.4 Å². The number of carbonyl (C=O) groups excluding carboxylic acids is 2. The van der Waals surface area contributed by atoms with E-state index in [4.69, 9.17) is 9.15 Å². The van der Waals surface area contributed by atoms with Crippen LogP contribution in [0.1, 0.15) is 27.6 Å². The lowest BCUT2D eigenvalue weighted by Gasteiger charge is -2.19. The number of thioether (sulfide) groups is 1. The van der Waals surface area contributed by atoms with Crippen LogP contribution < -0.4 is 5.32 Å². The Bertz CT molecular complexity index is 1190. The van der Waals surface area contributed by atoms with Gasteiger partial charge in [-0.25, -0.2) is 9.59 Å². The molecule has 1 saturated heterocycles. The monoisotopic (exact) mass is 464 g/mol. The second-order valence-corrected chi connectivity index (χ2v) is 8.74. The summed E-state index contributed by atoms with van der Waals surface area (Å²) < 4.78 is 10.8. The summed E-state index contributed by atoms with van der Waals surface area (Å²) in [4.78, 5) is 38.0. The molecule has 1 atom stereocenters. The number of anilines is 1. The molecule has 2 heterocycles. The summed E-state index contributed by atoms with van der Waals surface area (Å²) >= 11 is 1.35. The zero-order chi connectivity index (χ0) is 22.9.